The molecule has 0 aliphatic carbocycles. The van der Waals surface area contributed by atoms with Crippen molar-refractivity contribution in [3.05, 3.63) is 53.1 Å². The Morgan fingerprint density at radius 2 is 1.67 bits per heavy atom. The summed E-state index contributed by atoms with van der Waals surface area (Å²) in [6, 6.07) is 10.4. The highest BCUT2D eigenvalue weighted by Crippen LogP contribution is 2.29. The predicted octanol–water partition coefficient (Wildman–Crippen LogP) is 3.74. The van der Waals surface area contributed by atoms with Crippen molar-refractivity contribution in [3.63, 3.8) is 0 Å². The molecular weight excluding hydrogens is 424 g/mol. The largest absolute Gasteiger partial charge is 0.490 e. The highest BCUT2D eigenvalue weighted by atomic mass is 16.5. The summed E-state index contributed by atoms with van der Waals surface area (Å²) in [6.45, 7) is 7.92. The number of ether oxygens (including phenoxy) is 3. The minimum Gasteiger partial charge on any atom is -0.490 e. The Morgan fingerprint density at radius 1 is 0.970 bits per heavy atom. The van der Waals surface area contributed by atoms with Crippen LogP contribution < -0.4 is 14.8 Å². The Kier molecular flexibility index (Phi) is 9.72. The second-order valence-electron chi connectivity index (χ2n) is 7.58. The highest BCUT2D eigenvalue weighted by Gasteiger charge is 2.18. The minimum atomic E-state index is -0.667. The molecule has 0 radical (unpaired) electrons. The lowest BCUT2D eigenvalue weighted by molar-refractivity contribution is -0.136. The molecule has 0 atom stereocenters. The molecule has 2 amide bonds. The summed E-state index contributed by atoms with van der Waals surface area (Å²) in [5, 5.41) is 2.83. The number of nitrogens with zero attached hydrogens (tertiary/aromatic N) is 1. The van der Waals surface area contributed by atoms with Crippen LogP contribution in [0.25, 0.3) is 0 Å². The van der Waals surface area contributed by atoms with E-state index in [2.05, 4.69) is 5.32 Å². The first-order valence-electron chi connectivity index (χ1n) is 10.9. The number of esters is 1. The van der Waals surface area contributed by atoms with E-state index >= 15 is 0 Å². The smallest absolute Gasteiger partial charge is 0.338 e. The zero-order valence-corrected chi connectivity index (χ0v) is 19.9. The van der Waals surface area contributed by atoms with Crippen LogP contribution in [0.3, 0.4) is 0 Å². The summed E-state index contributed by atoms with van der Waals surface area (Å²) < 4.78 is 16.3. The second-order valence-corrected chi connectivity index (χ2v) is 7.58. The third-order valence-corrected chi connectivity index (χ3v) is 4.82. The van der Waals surface area contributed by atoms with Gasteiger partial charge in [0.1, 0.15) is 0 Å². The van der Waals surface area contributed by atoms with E-state index in [-0.39, 0.29) is 18.0 Å². The molecule has 8 heteroatoms. The summed E-state index contributed by atoms with van der Waals surface area (Å²) in [4.78, 5) is 38.4. The molecule has 0 saturated heterocycles. The molecule has 0 aliphatic heterocycles. The molecule has 0 fully saturated rings. The SMILES string of the molecule is CCCOc1ccc(C(=O)OCC(=O)N(C)CC(=O)Nc2c(C)cccc2C)cc1OCC. The van der Waals surface area contributed by atoms with E-state index in [0.29, 0.717) is 24.7 Å². The van der Waals surface area contributed by atoms with Crippen molar-refractivity contribution < 1.29 is 28.6 Å². The van der Waals surface area contributed by atoms with E-state index in [9.17, 15) is 14.4 Å². The van der Waals surface area contributed by atoms with Crippen molar-refractivity contribution in [1.82, 2.24) is 4.90 Å². The monoisotopic (exact) mass is 456 g/mol. The average Bonchev–Trinajstić information content (AvgIpc) is 2.79. The Bertz CT molecular complexity index is 969. The van der Waals surface area contributed by atoms with E-state index < -0.39 is 18.5 Å². The summed E-state index contributed by atoms with van der Waals surface area (Å²) in [6.07, 6.45) is 0.841. The maximum Gasteiger partial charge on any atom is 0.338 e. The number of benzene rings is 2. The number of rotatable bonds is 11. The maximum absolute atomic E-state index is 12.4. The van der Waals surface area contributed by atoms with Gasteiger partial charge in [-0.1, -0.05) is 25.1 Å². The second kappa shape index (κ2) is 12.5. The molecule has 0 bridgehead atoms. The van der Waals surface area contributed by atoms with Gasteiger partial charge in [0.2, 0.25) is 5.91 Å². The van der Waals surface area contributed by atoms with Crippen LogP contribution in [-0.2, 0) is 14.3 Å². The minimum absolute atomic E-state index is 0.165. The Labute approximate surface area is 194 Å². The summed E-state index contributed by atoms with van der Waals surface area (Å²) in [5.74, 6) is -0.515. The van der Waals surface area contributed by atoms with E-state index in [1.54, 1.807) is 12.1 Å². The van der Waals surface area contributed by atoms with Gasteiger partial charge in [0, 0.05) is 12.7 Å². The van der Waals surface area contributed by atoms with Crippen LogP contribution in [0.1, 0.15) is 41.8 Å². The fourth-order valence-electron chi connectivity index (χ4n) is 3.05. The Hall–Kier alpha value is -3.55. The zero-order valence-electron chi connectivity index (χ0n) is 19.9. The van der Waals surface area contributed by atoms with Gasteiger partial charge in [-0.2, -0.15) is 0 Å². The molecule has 33 heavy (non-hydrogen) atoms. The standard InChI is InChI=1S/C25H32N2O6/c1-6-13-32-20-12-11-19(14-21(20)31-7-2)25(30)33-16-23(29)27(5)15-22(28)26-24-17(3)9-8-10-18(24)4/h8-12,14H,6-7,13,15-16H2,1-5H3,(H,26,28). The van der Waals surface area contributed by atoms with Crippen molar-refractivity contribution in [2.24, 2.45) is 0 Å². The van der Waals surface area contributed by atoms with Gasteiger partial charge in [-0.3, -0.25) is 9.59 Å². The number of amides is 2. The first kappa shape index (κ1) is 25.7. The van der Waals surface area contributed by atoms with Crippen molar-refractivity contribution in [1.29, 1.82) is 0 Å². The number of carbonyl (C=O) groups is 3. The van der Waals surface area contributed by atoms with E-state index in [0.717, 1.165) is 23.2 Å². The van der Waals surface area contributed by atoms with Crippen LogP contribution in [-0.4, -0.2) is 56.1 Å². The third-order valence-electron chi connectivity index (χ3n) is 4.82. The van der Waals surface area contributed by atoms with Crippen molar-refractivity contribution in [3.8, 4) is 11.5 Å². The van der Waals surface area contributed by atoms with Crippen LogP contribution in [0.5, 0.6) is 11.5 Å². The molecule has 0 spiro atoms. The number of likely N-dealkylation sites (N-methyl/N-ethyl adjacent to an activating group) is 1. The molecule has 2 aromatic carbocycles. The number of nitrogens with one attached hydrogen (secondary N) is 1. The number of aryl methyl sites for hydroxylation is 2. The number of hydrogen-bond acceptors (Lipinski definition) is 6. The topological polar surface area (TPSA) is 94.2 Å². The van der Waals surface area contributed by atoms with Gasteiger partial charge in [-0.05, 0) is 56.5 Å². The number of hydrogen-bond donors (Lipinski definition) is 1. The Morgan fingerprint density at radius 3 is 2.30 bits per heavy atom. The van der Waals surface area contributed by atoms with Gasteiger partial charge in [0.15, 0.2) is 18.1 Å². The van der Waals surface area contributed by atoms with Crippen LogP contribution in [0.15, 0.2) is 36.4 Å². The Balaban J connectivity index is 1.91. The predicted molar refractivity (Wildman–Crippen MR) is 126 cm³/mol. The molecule has 178 valence electrons. The summed E-state index contributed by atoms with van der Waals surface area (Å²) >= 11 is 0. The van der Waals surface area contributed by atoms with E-state index in [1.165, 1.54) is 18.0 Å². The van der Waals surface area contributed by atoms with Gasteiger partial charge in [0.25, 0.3) is 5.91 Å². The fourth-order valence-corrected chi connectivity index (χ4v) is 3.05. The number of para-hydroxylation sites is 1. The molecule has 0 unspecified atom stereocenters. The molecule has 0 saturated carbocycles. The van der Waals surface area contributed by atoms with Crippen LogP contribution >= 0.6 is 0 Å². The van der Waals surface area contributed by atoms with Gasteiger partial charge in [0.05, 0.1) is 25.3 Å². The first-order valence-corrected chi connectivity index (χ1v) is 10.9. The quantitative estimate of drug-likeness (QED) is 0.518. The molecule has 0 heterocycles. The lowest BCUT2D eigenvalue weighted by atomic mass is 10.1. The highest BCUT2D eigenvalue weighted by molar-refractivity contribution is 5.96. The van der Waals surface area contributed by atoms with Gasteiger partial charge < -0.3 is 24.4 Å². The first-order chi connectivity index (χ1) is 15.8. The van der Waals surface area contributed by atoms with Gasteiger partial charge >= 0.3 is 5.97 Å². The summed E-state index contributed by atoms with van der Waals surface area (Å²) in [5.41, 5.74) is 2.84. The van der Waals surface area contributed by atoms with Gasteiger partial charge in [-0.25, -0.2) is 4.79 Å². The van der Waals surface area contributed by atoms with Crippen LogP contribution in [0.2, 0.25) is 0 Å². The number of anilines is 1. The van der Waals surface area contributed by atoms with Crippen molar-refractivity contribution in [2.45, 2.75) is 34.1 Å². The normalized spacial score (nSPS) is 10.3. The lowest BCUT2D eigenvalue weighted by Crippen LogP contribution is -2.37. The zero-order chi connectivity index (χ0) is 24.4. The lowest BCUT2D eigenvalue weighted by Gasteiger charge is -2.18. The molecule has 1 N–H and O–H groups in total. The fraction of sp³-hybridized carbons (Fsp3) is 0.400. The maximum atomic E-state index is 12.4. The van der Waals surface area contributed by atoms with Crippen molar-refractivity contribution in [2.75, 3.05) is 38.7 Å². The van der Waals surface area contributed by atoms with Crippen molar-refractivity contribution >= 4 is 23.5 Å². The average molecular weight is 457 g/mol. The van der Waals surface area contributed by atoms with E-state index in [4.69, 9.17) is 14.2 Å². The molecule has 2 rings (SSSR count). The molecule has 2 aromatic rings. The molecule has 0 aliphatic rings. The molecule has 0 aromatic heterocycles. The third kappa shape index (κ3) is 7.52. The van der Waals surface area contributed by atoms with Crippen LogP contribution in [0, 0.1) is 13.8 Å². The van der Waals surface area contributed by atoms with E-state index in [1.807, 2.05) is 45.9 Å². The summed E-state index contributed by atoms with van der Waals surface area (Å²) in [7, 11) is 1.48. The molecule has 8 nitrogen and oxygen atoms in total. The van der Waals surface area contributed by atoms with Gasteiger partial charge in [-0.15, -0.1) is 0 Å². The number of carbonyl (C=O) groups excluding carboxylic acids is 3. The molecular formula is C25H32N2O6. The van der Waals surface area contributed by atoms with Crippen LogP contribution in [0.4, 0.5) is 5.69 Å².